The van der Waals surface area contributed by atoms with Gasteiger partial charge < -0.3 is 4.74 Å². The lowest BCUT2D eigenvalue weighted by Crippen LogP contribution is -2.13. The molecule has 0 unspecified atom stereocenters. The Labute approximate surface area is 135 Å². The molecule has 2 aromatic heterocycles. The summed E-state index contributed by atoms with van der Waals surface area (Å²) in [5.41, 5.74) is 1.73. The molecule has 112 valence electrons. The first-order valence-electron chi connectivity index (χ1n) is 6.45. The molecule has 0 radical (unpaired) electrons. The van der Waals surface area contributed by atoms with E-state index in [1.807, 2.05) is 36.6 Å². The molecule has 0 fully saturated rings. The summed E-state index contributed by atoms with van der Waals surface area (Å²) in [7, 11) is 1.63. The van der Waals surface area contributed by atoms with Crippen molar-refractivity contribution in [2.24, 2.45) is 0 Å². The average Bonchev–Trinajstić information content (AvgIpc) is 2.99. The average molecular weight is 331 g/mol. The van der Waals surface area contributed by atoms with Crippen molar-refractivity contribution in [3.8, 4) is 17.0 Å². The molecule has 0 spiro atoms. The zero-order chi connectivity index (χ0) is 15.5. The SMILES string of the molecule is COc1cccc(-c2ncnc3sc(C(=O)NSC)cc23)c1. The third-order valence-corrected chi connectivity index (χ3v) is 4.52. The van der Waals surface area contributed by atoms with Crippen molar-refractivity contribution in [2.45, 2.75) is 0 Å². The van der Waals surface area contributed by atoms with Crippen molar-refractivity contribution in [2.75, 3.05) is 13.4 Å². The van der Waals surface area contributed by atoms with E-state index in [0.29, 0.717) is 4.88 Å². The van der Waals surface area contributed by atoms with Crippen LogP contribution in [0.2, 0.25) is 0 Å². The van der Waals surface area contributed by atoms with Crippen LogP contribution >= 0.6 is 23.3 Å². The number of methoxy groups -OCH3 is 1. The van der Waals surface area contributed by atoms with E-state index in [9.17, 15) is 4.79 Å². The van der Waals surface area contributed by atoms with Gasteiger partial charge in [0.1, 0.15) is 16.9 Å². The van der Waals surface area contributed by atoms with Gasteiger partial charge in [0.2, 0.25) is 0 Å². The van der Waals surface area contributed by atoms with E-state index in [1.54, 1.807) is 7.11 Å². The van der Waals surface area contributed by atoms with E-state index in [-0.39, 0.29) is 5.91 Å². The molecule has 0 bridgehead atoms. The Bertz CT molecular complexity index is 833. The number of ether oxygens (including phenoxy) is 1. The molecule has 1 amide bonds. The zero-order valence-corrected chi connectivity index (χ0v) is 13.6. The zero-order valence-electron chi connectivity index (χ0n) is 12.0. The number of aromatic nitrogens is 2. The lowest BCUT2D eigenvalue weighted by molar-refractivity contribution is 0.0988. The number of benzene rings is 1. The molecule has 0 aliphatic carbocycles. The van der Waals surface area contributed by atoms with E-state index < -0.39 is 0 Å². The minimum atomic E-state index is -0.118. The molecule has 1 aromatic carbocycles. The summed E-state index contributed by atoms with van der Waals surface area (Å²) in [5.74, 6) is 0.645. The Kier molecular flexibility index (Phi) is 4.26. The maximum Gasteiger partial charge on any atom is 0.271 e. The second-order valence-corrected chi connectivity index (χ2v) is 6.06. The van der Waals surface area contributed by atoms with Crippen LogP contribution in [-0.4, -0.2) is 29.2 Å². The van der Waals surface area contributed by atoms with E-state index in [0.717, 1.165) is 27.2 Å². The van der Waals surface area contributed by atoms with Gasteiger partial charge in [-0.05, 0) is 18.2 Å². The molecule has 0 atom stereocenters. The second kappa shape index (κ2) is 6.33. The number of nitrogens with zero attached hydrogens (tertiary/aromatic N) is 2. The Morgan fingerprint density at radius 1 is 1.32 bits per heavy atom. The lowest BCUT2D eigenvalue weighted by Gasteiger charge is -2.04. The van der Waals surface area contributed by atoms with Crippen LogP contribution in [0.1, 0.15) is 9.67 Å². The molecule has 0 saturated carbocycles. The van der Waals surface area contributed by atoms with Crippen LogP contribution in [0.15, 0.2) is 36.7 Å². The van der Waals surface area contributed by atoms with Crippen LogP contribution in [0.4, 0.5) is 0 Å². The minimum Gasteiger partial charge on any atom is -0.497 e. The molecule has 0 aliphatic heterocycles. The van der Waals surface area contributed by atoms with Gasteiger partial charge in [0.25, 0.3) is 5.91 Å². The van der Waals surface area contributed by atoms with Gasteiger partial charge in [-0.3, -0.25) is 9.52 Å². The summed E-state index contributed by atoms with van der Waals surface area (Å²) in [6, 6.07) is 9.51. The van der Waals surface area contributed by atoms with Crippen molar-refractivity contribution in [1.29, 1.82) is 0 Å². The van der Waals surface area contributed by atoms with Crippen LogP contribution < -0.4 is 9.46 Å². The summed E-state index contributed by atoms with van der Waals surface area (Å²) in [6.45, 7) is 0. The smallest absolute Gasteiger partial charge is 0.271 e. The summed E-state index contributed by atoms with van der Waals surface area (Å²) < 4.78 is 7.98. The molecule has 0 saturated heterocycles. The standard InChI is InChI=1S/C15H13N3O2S2/c1-20-10-5-3-4-9(6-10)13-11-7-12(14(19)18-21-2)22-15(11)17-8-16-13/h3-8H,1-2H3,(H,18,19). The molecule has 3 aromatic rings. The number of carbonyl (C=O) groups excluding carboxylic acids is 1. The van der Waals surface area contributed by atoms with Crippen LogP contribution in [0.25, 0.3) is 21.5 Å². The Morgan fingerprint density at radius 2 is 2.18 bits per heavy atom. The minimum absolute atomic E-state index is 0.118. The van der Waals surface area contributed by atoms with Gasteiger partial charge in [0.15, 0.2) is 0 Å². The fourth-order valence-corrected chi connectivity index (χ4v) is 3.37. The van der Waals surface area contributed by atoms with Crippen LogP contribution in [-0.2, 0) is 0 Å². The third kappa shape index (κ3) is 2.77. The first-order valence-corrected chi connectivity index (χ1v) is 8.49. The van der Waals surface area contributed by atoms with Gasteiger partial charge in [0, 0.05) is 17.2 Å². The van der Waals surface area contributed by atoms with Crippen molar-refractivity contribution in [3.05, 3.63) is 41.5 Å². The normalized spacial score (nSPS) is 10.6. The quantitative estimate of drug-likeness (QED) is 0.743. The highest BCUT2D eigenvalue weighted by Gasteiger charge is 2.15. The number of fused-ring (bicyclic) bond motifs is 1. The number of hydrogen-bond acceptors (Lipinski definition) is 6. The van der Waals surface area contributed by atoms with E-state index in [1.165, 1.54) is 29.6 Å². The van der Waals surface area contributed by atoms with E-state index in [4.69, 9.17) is 4.74 Å². The molecule has 1 N–H and O–H groups in total. The molecule has 22 heavy (non-hydrogen) atoms. The highest BCUT2D eigenvalue weighted by molar-refractivity contribution is 7.97. The van der Waals surface area contributed by atoms with Gasteiger partial charge in [-0.2, -0.15) is 0 Å². The number of carbonyl (C=O) groups is 1. The predicted molar refractivity (Wildman–Crippen MR) is 90.4 cm³/mol. The van der Waals surface area contributed by atoms with Gasteiger partial charge in [0.05, 0.1) is 17.7 Å². The van der Waals surface area contributed by atoms with Crippen molar-refractivity contribution < 1.29 is 9.53 Å². The maximum atomic E-state index is 12.0. The van der Waals surface area contributed by atoms with Crippen LogP contribution in [0, 0.1) is 0 Å². The molecule has 2 heterocycles. The number of hydrogen-bond donors (Lipinski definition) is 1. The van der Waals surface area contributed by atoms with Gasteiger partial charge in [-0.1, -0.05) is 24.1 Å². The predicted octanol–water partition coefficient (Wildman–Crippen LogP) is 3.37. The maximum absolute atomic E-state index is 12.0. The van der Waals surface area contributed by atoms with Crippen molar-refractivity contribution in [3.63, 3.8) is 0 Å². The molecule has 0 aliphatic rings. The Balaban J connectivity index is 2.11. The van der Waals surface area contributed by atoms with Crippen molar-refractivity contribution in [1.82, 2.24) is 14.7 Å². The van der Waals surface area contributed by atoms with Crippen LogP contribution in [0.3, 0.4) is 0 Å². The summed E-state index contributed by atoms with van der Waals surface area (Å²) in [4.78, 5) is 22.0. The largest absolute Gasteiger partial charge is 0.497 e. The molecular formula is C15H13N3O2S2. The van der Waals surface area contributed by atoms with Gasteiger partial charge >= 0.3 is 0 Å². The first kappa shape index (κ1) is 14.8. The number of amides is 1. The molecule has 5 nitrogen and oxygen atoms in total. The number of thiophene rings is 1. The third-order valence-electron chi connectivity index (χ3n) is 3.09. The van der Waals surface area contributed by atoms with Crippen molar-refractivity contribution >= 4 is 39.4 Å². The monoisotopic (exact) mass is 331 g/mol. The lowest BCUT2D eigenvalue weighted by atomic mass is 10.1. The highest BCUT2D eigenvalue weighted by Crippen LogP contribution is 2.32. The van der Waals surface area contributed by atoms with Gasteiger partial charge in [-0.15, -0.1) is 11.3 Å². The number of rotatable bonds is 4. The topological polar surface area (TPSA) is 64.1 Å². The van der Waals surface area contributed by atoms with Gasteiger partial charge in [-0.25, -0.2) is 9.97 Å². The fourth-order valence-electron chi connectivity index (χ4n) is 2.11. The fraction of sp³-hybridized carbons (Fsp3) is 0.133. The second-order valence-electron chi connectivity index (χ2n) is 4.42. The highest BCUT2D eigenvalue weighted by atomic mass is 32.2. The summed E-state index contributed by atoms with van der Waals surface area (Å²) in [5, 5.41) is 0.868. The number of nitrogens with one attached hydrogen (secondary N) is 1. The van der Waals surface area contributed by atoms with E-state index in [2.05, 4.69) is 14.7 Å². The molecule has 3 rings (SSSR count). The van der Waals surface area contributed by atoms with E-state index >= 15 is 0 Å². The summed E-state index contributed by atoms with van der Waals surface area (Å²) in [6.07, 6.45) is 3.33. The Morgan fingerprint density at radius 3 is 2.95 bits per heavy atom. The molecular weight excluding hydrogens is 318 g/mol. The van der Waals surface area contributed by atoms with Crippen LogP contribution in [0.5, 0.6) is 5.75 Å². The Hall–Kier alpha value is -2.12. The first-order chi connectivity index (χ1) is 10.7. The molecule has 7 heteroatoms. The summed E-state index contributed by atoms with van der Waals surface area (Å²) >= 11 is 2.63.